The highest BCUT2D eigenvalue weighted by atomic mass is 32.2. The van der Waals surface area contributed by atoms with Crippen molar-refractivity contribution in [3.63, 3.8) is 0 Å². The van der Waals surface area contributed by atoms with E-state index in [1.807, 2.05) is 36.6 Å². The molecule has 1 aliphatic heterocycles. The van der Waals surface area contributed by atoms with Gasteiger partial charge in [-0.05, 0) is 61.6 Å². The SMILES string of the molecule is CCOC(=O)C1=C(C)N=c2sc(=Cc3cccc(O)c3)c(=O)n2[C@H]1c1ccc(SC)cc1. The van der Waals surface area contributed by atoms with Crippen LogP contribution in [0.4, 0.5) is 0 Å². The average Bonchev–Trinajstić information content (AvgIpc) is 3.07. The van der Waals surface area contributed by atoms with E-state index < -0.39 is 12.0 Å². The van der Waals surface area contributed by atoms with Crippen molar-refractivity contribution in [2.24, 2.45) is 4.99 Å². The van der Waals surface area contributed by atoms with E-state index in [0.717, 1.165) is 10.5 Å². The molecule has 0 saturated carbocycles. The largest absolute Gasteiger partial charge is 0.508 e. The number of hydrogen-bond acceptors (Lipinski definition) is 7. The topological polar surface area (TPSA) is 80.9 Å². The van der Waals surface area contributed by atoms with Gasteiger partial charge in [0.05, 0.1) is 28.5 Å². The molecule has 164 valence electrons. The van der Waals surface area contributed by atoms with Gasteiger partial charge in [-0.2, -0.15) is 0 Å². The summed E-state index contributed by atoms with van der Waals surface area (Å²) in [4.78, 5) is 32.5. The van der Waals surface area contributed by atoms with Gasteiger partial charge in [0.1, 0.15) is 5.75 Å². The minimum absolute atomic E-state index is 0.124. The second-order valence-electron chi connectivity index (χ2n) is 7.17. The Morgan fingerprint density at radius 1 is 1.28 bits per heavy atom. The first-order valence-electron chi connectivity index (χ1n) is 10.1. The molecule has 1 atom stereocenters. The van der Waals surface area contributed by atoms with E-state index in [0.29, 0.717) is 26.2 Å². The zero-order valence-electron chi connectivity index (χ0n) is 17.9. The van der Waals surface area contributed by atoms with Crippen LogP contribution in [0.1, 0.15) is 31.0 Å². The third-order valence-corrected chi connectivity index (χ3v) is 6.84. The molecule has 0 radical (unpaired) electrons. The summed E-state index contributed by atoms with van der Waals surface area (Å²) in [6.45, 7) is 3.75. The molecular weight excluding hydrogens is 444 g/mol. The van der Waals surface area contributed by atoms with Gasteiger partial charge < -0.3 is 9.84 Å². The van der Waals surface area contributed by atoms with Crippen LogP contribution in [0.25, 0.3) is 6.08 Å². The van der Waals surface area contributed by atoms with Gasteiger partial charge in [-0.15, -0.1) is 11.8 Å². The number of carbonyl (C=O) groups excluding carboxylic acids is 1. The lowest BCUT2D eigenvalue weighted by molar-refractivity contribution is -0.139. The first-order chi connectivity index (χ1) is 15.4. The standard InChI is InChI=1S/C24H22N2O4S2/c1-4-30-23(29)20-14(2)25-24-26(21(20)16-8-10-18(31-3)11-9-16)22(28)19(32-24)13-15-6-5-7-17(27)12-15/h5-13,21,27H,4H2,1-3H3/t21-/m0/s1. The Bertz CT molecular complexity index is 1380. The van der Waals surface area contributed by atoms with Crippen LogP contribution in [0.15, 0.2) is 74.5 Å². The molecule has 1 aromatic heterocycles. The lowest BCUT2D eigenvalue weighted by Gasteiger charge is -2.24. The molecule has 2 heterocycles. The van der Waals surface area contributed by atoms with Crippen molar-refractivity contribution in [3.8, 4) is 5.75 Å². The Labute approximate surface area is 193 Å². The van der Waals surface area contributed by atoms with Crippen molar-refractivity contribution in [1.29, 1.82) is 0 Å². The van der Waals surface area contributed by atoms with E-state index in [9.17, 15) is 14.7 Å². The maximum Gasteiger partial charge on any atom is 0.338 e. The highest BCUT2D eigenvalue weighted by Crippen LogP contribution is 2.31. The van der Waals surface area contributed by atoms with E-state index >= 15 is 0 Å². The number of phenolic OH excluding ortho intramolecular Hbond substituents is 1. The molecule has 0 aliphatic carbocycles. The third-order valence-electron chi connectivity index (χ3n) is 5.12. The van der Waals surface area contributed by atoms with E-state index in [4.69, 9.17) is 4.74 Å². The molecule has 6 nitrogen and oxygen atoms in total. The average molecular weight is 467 g/mol. The van der Waals surface area contributed by atoms with Gasteiger partial charge in [0.2, 0.25) is 0 Å². The summed E-state index contributed by atoms with van der Waals surface area (Å²) < 4.78 is 7.34. The molecular formula is C24H22N2O4S2. The number of ether oxygens (including phenoxy) is 1. The molecule has 0 bridgehead atoms. The second-order valence-corrected chi connectivity index (χ2v) is 9.06. The quantitative estimate of drug-likeness (QED) is 0.461. The van der Waals surface area contributed by atoms with E-state index in [-0.39, 0.29) is 17.9 Å². The summed E-state index contributed by atoms with van der Waals surface area (Å²) >= 11 is 2.88. The first kappa shape index (κ1) is 22.1. The summed E-state index contributed by atoms with van der Waals surface area (Å²) in [7, 11) is 0. The zero-order chi connectivity index (χ0) is 22.8. The first-order valence-corrected chi connectivity index (χ1v) is 12.1. The summed E-state index contributed by atoms with van der Waals surface area (Å²) in [5.74, 6) is -0.353. The molecule has 0 spiro atoms. The number of hydrogen-bond donors (Lipinski definition) is 1. The van der Waals surface area contributed by atoms with Crippen LogP contribution in [-0.2, 0) is 9.53 Å². The maximum atomic E-state index is 13.5. The van der Waals surface area contributed by atoms with Crippen molar-refractivity contribution >= 4 is 35.1 Å². The molecule has 1 aliphatic rings. The number of fused-ring (bicyclic) bond motifs is 1. The number of aromatic hydroxyl groups is 1. The highest BCUT2D eigenvalue weighted by Gasteiger charge is 2.33. The molecule has 0 saturated heterocycles. The monoisotopic (exact) mass is 466 g/mol. The molecule has 0 unspecified atom stereocenters. The van der Waals surface area contributed by atoms with Gasteiger partial charge in [-0.1, -0.05) is 35.6 Å². The molecule has 4 rings (SSSR count). The smallest absolute Gasteiger partial charge is 0.338 e. The zero-order valence-corrected chi connectivity index (χ0v) is 19.5. The number of allylic oxidation sites excluding steroid dienone is 1. The van der Waals surface area contributed by atoms with Crippen LogP contribution in [0.3, 0.4) is 0 Å². The molecule has 1 N–H and O–H groups in total. The van der Waals surface area contributed by atoms with Gasteiger partial charge in [0, 0.05) is 4.90 Å². The fourth-order valence-electron chi connectivity index (χ4n) is 3.66. The van der Waals surface area contributed by atoms with Crippen LogP contribution in [0, 0.1) is 0 Å². The Morgan fingerprint density at radius 3 is 2.69 bits per heavy atom. The normalized spacial score (nSPS) is 16.0. The van der Waals surface area contributed by atoms with Crippen LogP contribution in [0.2, 0.25) is 0 Å². The molecule has 0 amide bonds. The minimum Gasteiger partial charge on any atom is -0.508 e. The number of thioether (sulfide) groups is 1. The number of benzene rings is 2. The summed E-state index contributed by atoms with van der Waals surface area (Å²) in [5, 5.41) is 9.76. The van der Waals surface area contributed by atoms with E-state index in [1.54, 1.807) is 54.5 Å². The number of thiazole rings is 1. The highest BCUT2D eigenvalue weighted by molar-refractivity contribution is 7.98. The Morgan fingerprint density at radius 2 is 2.03 bits per heavy atom. The van der Waals surface area contributed by atoms with Crippen molar-refractivity contribution in [3.05, 3.63) is 90.6 Å². The lowest BCUT2D eigenvalue weighted by atomic mass is 9.96. The third kappa shape index (κ3) is 4.16. The molecule has 0 fully saturated rings. The van der Waals surface area contributed by atoms with Gasteiger partial charge in [-0.3, -0.25) is 9.36 Å². The van der Waals surface area contributed by atoms with Crippen molar-refractivity contribution in [1.82, 2.24) is 4.57 Å². The van der Waals surface area contributed by atoms with Gasteiger partial charge >= 0.3 is 5.97 Å². The Kier molecular flexibility index (Phi) is 6.34. The van der Waals surface area contributed by atoms with Crippen LogP contribution in [0.5, 0.6) is 5.75 Å². The number of nitrogens with zero attached hydrogens (tertiary/aromatic N) is 2. The number of carbonyl (C=O) groups is 1. The molecule has 3 aromatic rings. The lowest BCUT2D eigenvalue weighted by Crippen LogP contribution is -2.39. The fourth-order valence-corrected chi connectivity index (χ4v) is 5.11. The van der Waals surface area contributed by atoms with Gasteiger partial charge in [0.15, 0.2) is 4.80 Å². The minimum atomic E-state index is -0.632. The van der Waals surface area contributed by atoms with E-state index in [1.165, 1.54) is 11.3 Å². The van der Waals surface area contributed by atoms with Crippen molar-refractivity contribution in [2.45, 2.75) is 24.8 Å². The predicted molar refractivity (Wildman–Crippen MR) is 127 cm³/mol. The Hall–Kier alpha value is -3.10. The maximum absolute atomic E-state index is 13.5. The van der Waals surface area contributed by atoms with Gasteiger partial charge in [0.25, 0.3) is 5.56 Å². The summed E-state index contributed by atoms with van der Waals surface area (Å²) in [6.07, 6.45) is 3.72. The molecule has 2 aromatic carbocycles. The predicted octanol–water partition coefficient (Wildman–Crippen LogP) is 3.23. The summed E-state index contributed by atoms with van der Waals surface area (Å²) in [6, 6.07) is 13.9. The Balaban J connectivity index is 1.94. The van der Waals surface area contributed by atoms with Gasteiger partial charge in [-0.25, -0.2) is 9.79 Å². The van der Waals surface area contributed by atoms with Crippen molar-refractivity contribution < 1.29 is 14.6 Å². The number of phenols is 1. The van der Waals surface area contributed by atoms with Crippen molar-refractivity contribution in [2.75, 3.05) is 12.9 Å². The number of aromatic nitrogens is 1. The van der Waals surface area contributed by atoms with E-state index in [2.05, 4.69) is 4.99 Å². The molecule has 8 heteroatoms. The number of esters is 1. The fraction of sp³-hybridized carbons (Fsp3) is 0.208. The van der Waals surface area contributed by atoms with Crippen LogP contribution < -0.4 is 14.9 Å². The summed E-state index contributed by atoms with van der Waals surface area (Å²) in [5.41, 5.74) is 2.17. The van der Waals surface area contributed by atoms with Crippen LogP contribution in [-0.4, -0.2) is 28.5 Å². The van der Waals surface area contributed by atoms with Crippen LogP contribution >= 0.6 is 23.1 Å². The molecule has 32 heavy (non-hydrogen) atoms. The number of rotatable bonds is 5. The second kappa shape index (κ2) is 9.18.